The number of nitrogens with zero attached hydrogens (tertiary/aromatic N) is 4. The second kappa shape index (κ2) is 10.0. The summed E-state index contributed by atoms with van der Waals surface area (Å²) >= 11 is 0. The number of aromatic nitrogens is 3. The summed E-state index contributed by atoms with van der Waals surface area (Å²) in [4.78, 5) is 11.1. The van der Waals surface area contributed by atoms with Crippen LogP contribution in [0.25, 0.3) is 0 Å². The van der Waals surface area contributed by atoms with E-state index < -0.39 is 0 Å². The van der Waals surface area contributed by atoms with Gasteiger partial charge >= 0.3 is 0 Å². The minimum absolute atomic E-state index is 0. The molecule has 0 aromatic carbocycles. The Labute approximate surface area is 150 Å². The molecule has 126 valence electrons. The van der Waals surface area contributed by atoms with E-state index in [4.69, 9.17) is 0 Å². The molecule has 1 aliphatic rings. The van der Waals surface area contributed by atoms with Gasteiger partial charge < -0.3 is 10.2 Å². The van der Waals surface area contributed by atoms with E-state index in [1.807, 2.05) is 7.05 Å². The van der Waals surface area contributed by atoms with Gasteiger partial charge in [-0.3, -0.25) is 10.1 Å². The molecule has 1 aromatic heterocycles. The molecule has 0 saturated carbocycles. The zero-order chi connectivity index (χ0) is 15.1. The third-order valence-corrected chi connectivity index (χ3v) is 4.53. The number of halogens is 1. The third-order valence-electron chi connectivity index (χ3n) is 4.53. The Morgan fingerprint density at radius 2 is 2.09 bits per heavy atom. The number of nitrogens with one attached hydrogen (secondary N) is 2. The largest absolute Gasteiger partial charge is 0.356 e. The highest BCUT2D eigenvalue weighted by molar-refractivity contribution is 14.0. The van der Waals surface area contributed by atoms with Crippen LogP contribution in [0.1, 0.15) is 51.3 Å². The summed E-state index contributed by atoms with van der Waals surface area (Å²) < 4.78 is 0. The van der Waals surface area contributed by atoms with E-state index >= 15 is 0 Å². The van der Waals surface area contributed by atoms with Crippen molar-refractivity contribution in [2.24, 2.45) is 10.9 Å². The van der Waals surface area contributed by atoms with E-state index in [0.29, 0.717) is 5.92 Å². The van der Waals surface area contributed by atoms with Gasteiger partial charge in [-0.1, -0.05) is 26.7 Å². The van der Waals surface area contributed by atoms with Crippen LogP contribution in [0, 0.1) is 5.92 Å². The maximum absolute atomic E-state index is 4.44. The average Bonchev–Trinajstić information content (AvgIpc) is 3.07. The number of likely N-dealkylation sites (tertiary alicyclic amines) is 1. The third kappa shape index (κ3) is 5.10. The van der Waals surface area contributed by atoms with Crippen LogP contribution in [-0.4, -0.2) is 52.7 Å². The summed E-state index contributed by atoms with van der Waals surface area (Å²) in [6.45, 7) is 7.56. The predicted octanol–water partition coefficient (Wildman–Crippen LogP) is 2.61. The number of hydrogen-bond donors (Lipinski definition) is 2. The molecule has 2 rings (SSSR count). The first-order valence-corrected chi connectivity index (χ1v) is 8.09. The summed E-state index contributed by atoms with van der Waals surface area (Å²) in [5, 5.41) is 10.5. The molecule has 7 heteroatoms. The molecule has 0 radical (unpaired) electrons. The lowest BCUT2D eigenvalue weighted by Gasteiger charge is -2.34. The second-order valence-corrected chi connectivity index (χ2v) is 5.74. The van der Waals surface area contributed by atoms with Gasteiger partial charge in [0.1, 0.15) is 12.2 Å². The minimum Gasteiger partial charge on any atom is -0.356 e. The summed E-state index contributed by atoms with van der Waals surface area (Å²) in [5.74, 6) is 3.29. The van der Waals surface area contributed by atoms with Crippen LogP contribution in [0.5, 0.6) is 0 Å². The maximum Gasteiger partial charge on any atom is 0.193 e. The topological polar surface area (TPSA) is 69.2 Å². The molecule has 22 heavy (non-hydrogen) atoms. The van der Waals surface area contributed by atoms with Gasteiger partial charge in [-0.2, -0.15) is 5.10 Å². The first-order chi connectivity index (χ1) is 10.3. The van der Waals surface area contributed by atoms with Gasteiger partial charge in [0.2, 0.25) is 0 Å². The Bertz CT molecular complexity index is 421. The molecule has 0 spiro atoms. The Kier molecular flexibility index (Phi) is 8.74. The van der Waals surface area contributed by atoms with Crippen molar-refractivity contribution in [3.63, 3.8) is 0 Å². The van der Waals surface area contributed by atoms with E-state index in [1.54, 1.807) is 6.33 Å². The fraction of sp³-hybridized carbons (Fsp3) is 0.800. The first kappa shape index (κ1) is 19.2. The Balaban J connectivity index is 0.00000242. The Morgan fingerprint density at radius 3 is 2.59 bits per heavy atom. The molecule has 0 unspecified atom stereocenters. The van der Waals surface area contributed by atoms with Crippen molar-refractivity contribution in [2.45, 2.75) is 45.4 Å². The van der Waals surface area contributed by atoms with Crippen LogP contribution in [0.2, 0.25) is 0 Å². The highest BCUT2D eigenvalue weighted by atomic mass is 127. The molecule has 0 bridgehead atoms. The monoisotopic (exact) mass is 420 g/mol. The molecular formula is C15H29IN6. The summed E-state index contributed by atoms with van der Waals surface area (Å²) in [7, 11) is 1.87. The fourth-order valence-electron chi connectivity index (χ4n) is 2.92. The number of H-pyrrole nitrogens is 1. The average molecular weight is 420 g/mol. The van der Waals surface area contributed by atoms with Crippen LogP contribution < -0.4 is 5.32 Å². The van der Waals surface area contributed by atoms with E-state index in [1.165, 1.54) is 12.8 Å². The van der Waals surface area contributed by atoms with Gasteiger partial charge in [0.15, 0.2) is 5.96 Å². The molecule has 0 amide bonds. The van der Waals surface area contributed by atoms with Crippen LogP contribution in [-0.2, 0) is 0 Å². The molecule has 1 aromatic rings. The van der Waals surface area contributed by atoms with Crippen molar-refractivity contribution in [3.8, 4) is 0 Å². The van der Waals surface area contributed by atoms with E-state index in [0.717, 1.165) is 50.2 Å². The molecular weight excluding hydrogens is 391 g/mol. The number of aromatic amines is 1. The van der Waals surface area contributed by atoms with E-state index in [2.05, 4.69) is 44.2 Å². The number of rotatable bonds is 5. The number of guanidine groups is 1. The van der Waals surface area contributed by atoms with Crippen molar-refractivity contribution in [2.75, 3.05) is 26.7 Å². The van der Waals surface area contributed by atoms with Crippen molar-refractivity contribution >= 4 is 29.9 Å². The Hall–Kier alpha value is -0.860. The van der Waals surface area contributed by atoms with Crippen LogP contribution >= 0.6 is 24.0 Å². The number of aliphatic imine (C=N–C) groups is 1. The van der Waals surface area contributed by atoms with Crippen LogP contribution in [0.4, 0.5) is 0 Å². The summed E-state index contributed by atoms with van der Waals surface area (Å²) in [6.07, 6.45) is 6.22. The van der Waals surface area contributed by atoms with Gasteiger partial charge in [0, 0.05) is 32.6 Å². The fourth-order valence-corrected chi connectivity index (χ4v) is 2.92. The summed E-state index contributed by atoms with van der Waals surface area (Å²) in [5.41, 5.74) is 0. The lowest BCUT2D eigenvalue weighted by molar-refractivity contribution is 0.296. The molecule has 0 atom stereocenters. The molecule has 1 aliphatic heterocycles. The molecule has 2 heterocycles. The van der Waals surface area contributed by atoms with Crippen LogP contribution in [0.15, 0.2) is 11.3 Å². The van der Waals surface area contributed by atoms with Crippen molar-refractivity contribution in [1.29, 1.82) is 0 Å². The zero-order valence-electron chi connectivity index (χ0n) is 13.9. The predicted molar refractivity (Wildman–Crippen MR) is 101 cm³/mol. The summed E-state index contributed by atoms with van der Waals surface area (Å²) in [6, 6.07) is 0. The minimum atomic E-state index is 0. The van der Waals surface area contributed by atoms with Gasteiger partial charge in [-0.15, -0.1) is 24.0 Å². The lowest BCUT2D eigenvalue weighted by atomic mass is 9.96. The Morgan fingerprint density at radius 1 is 1.41 bits per heavy atom. The highest BCUT2D eigenvalue weighted by Gasteiger charge is 2.24. The molecule has 1 fully saturated rings. The maximum atomic E-state index is 4.44. The second-order valence-electron chi connectivity index (χ2n) is 5.74. The molecule has 2 N–H and O–H groups in total. The SMILES string of the molecule is CCC(CC)CNC(=NC)N1CCC(c2ncn[nH]2)CC1.I. The van der Waals surface area contributed by atoms with E-state index in [9.17, 15) is 0 Å². The lowest BCUT2D eigenvalue weighted by Crippen LogP contribution is -2.46. The van der Waals surface area contributed by atoms with Gasteiger partial charge in [0.25, 0.3) is 0 Å². The van der Waals surface area contributed by atoms with Gasteiger partial charge in [-0.25, -0.2) is 4.98 Å². The highest BCUT2D eigenvalue weighted by Crippen LogP contribution is 2.24. The van der Waals surface area contributed by atoms with Crippen LogP contribution in [0.3, 0.4) is 0 Å². The van der Waals surface area contributed by atoms with Gasteiger partial charge in [0.05, 0.1) is 0 Å². The molecule has 0 aliphatic carbocycles. The van der Waals surface area contributed by atoms with Crippen molar-refractivity contribution in [1.82, 2.24) is 25.4 Å². The standard InChI is InChI=1S/C15H28N6.HI/c1-4-12(5-2)10-17-15(16-3)21-8-6-13(7-9-21)14-18-11-19-20-14;/h11-13H,4-10H2,1-3H3,(H,16,17)(H,18,19,20);1H. The number of piperidine rings is 1. The van der Waals surface area contributed by atoms with Gasteiger partial charge in [-0.05, 0) is 18.8 Å². The zero-order valence-corrected chi connectivity index (χ0v) is 16.2. The smallest absolute Gasteiger partial charge is 0.193 e. The molecule has 1 saturated heterocycles. The first-order valence-electron chi connectivity index (χ1n) is 8.09. The normalized spacial score (nSPS) is 16.7. The van der Waals surface area contributed by atoms with Crippen molar-refractivity contribution < 1.29 is 0 Å². The van der Waals surface area contributed by atoms with E-state index in [-0.39, 0.29) is 24.0 Å². The quantitative estimate of drug-likeness (QED) is 0.437. The number of hydrogen-bond acceptors (Lipinski definition) is 3. The van der Waals surface area contributed by atoms with Crippen molar-refractivity contribution in [3.05, 3.63) is 12.2 Å². The molecule has 6 nitrogen and oxygen atoms in total.